The lowest BCUT2D eigenvalue weighted by Gasteiger charge is -2.14. The van der Waals surface area contributed by atoms with Crippen LogP contribution in [0.4, 0.5) is 24.8 Å². The van der Waals surface area contributed by atoms with E-state index in [2.05, 4.69) is 20.0 Å². The normalized spacial score (nSPS) is 12.7. The van der Waals surface area contributed by atoms with Gasteiger partial charge in [-0.1, -0.05) is 0 Å². The van der Waals surface area contributed by atoms with Gasteiger partial charge in [0.2, 0.25) is 5.82 Å². The topological polar surface area (TPSA) is 102 Å². The Balaban J connectivity index is 3.04. The van der Waals surface area contributed by atoms with Gasteiger partial charge in [-0.3, -0.25) is 0 Å². The zero-order valence-corrected chi connectivity index (χ0v) is 10.1. The standard InChI is InChI=1S/C9H12F3N5O2/c1-4(7(18)19-2)14-5-3-6(17-13)16-8(15-5)9(10,11)12/h3-4H,13H2,1-2H3,(H2,14,15,16,17). The minimum Gasteiger partial charge on any atom is -0.467 e. The molecule has 0 fully saturated rings. The van der Waals surface area contributed by atoms with Crippen molar-refractivity contribution in [3.8, 4) is 0 Å². The van der Waals surface area contributed by atoms with Gasteiger partial charge in [0.25, 0.3) is 0 Å². The summed E-state index contributed by atoms with van der Waals surface area (Å²) < 4.78 is 42.0. The third-order valence-corrected chi connectivity index (χ3v) is 2.05. The van der Waals surface area contributed by atoms with E-state index in [1.807, 2.05) is 5.43 Å². The first-order valence-electron chi connectivity index (χ1n) is 5.05. The molecule has 1 aromatic rings. The van der Waals surface area contributed by atoms with Gasteiger partial charge in [-0.15, -0.1) is 0 Å². The molecular weight excluding hydrogens is 267 g/mol. The van der Waals surface area contributed by atoms with Crippen LogP contribution in [0.5, 0.6) is 0 Å². The first kappa shape index (κ1) is 15.0. The van der Waals surface area contributed by atoms with E-state index in [4.69, 9.17) is 5.84 Å². The molecular formula is C9H12F3N5O2. The zero-order chi connectivity index (χ0) is 14.6. The summed E-state index contributed by atoms with van der Waals surface area (Å²) in [6.07, 6.45) is -4.72. The van der Waals surface area contributed by atoms with Crippen LogP contribution < -0.4 is 16.6 Å². The zero-order valence-electron chi connectivity index (χ0n) is 10.1. The highest BCUT2D eigenvalue weighted by molar-refractivity contribution is 5.78. The van der Waals surface area contributed by atoms with E-state index in [0.717, 1.165) is 13.2 Å². The molecule has 0 radical (unpaired) electrons. The van der Waals surface area contributed by atoms with Crippen molar-refractivity contribution < 1.29 is 22.7 Å². The lowest BCUT2D eigenvalue weighted by Crippen LogP contribution is -2.28. The van der Waals surface area contributed by atoms with Crippen LogP contribution in [0, 0.1) is 0 Å². The summed E-state index contributed by atoms with van der Waals surface area (Å²) in [4.78, 5) is 17.6. The average molecular weight is 279 g/mol. The number of hydrogen-bond donors (Lipinski definition) is 3. The third-order valence-electron chi connectivity index (χ3n) is 2.05. The maximum atomic E-state index is 12.5. The molecule has 7 nitrogen and oxygen atoms in total. The number of aromatic nitrogens is 2. The van der Waals surface area contributed by atoms with Crippen LogP contribution in [-0.4, -0.2) is 29.1 Å². The Morgan fingerprint density at radius 2 is 2.00 bits per heavy atom. The smallest absolute Gasteiger partial charge is 0.451 e. The van der Waals surface area contributed by atoms with Crippen LogP contribution in [0.2, 0.25) is 0 Å². The number of ether oxygens (including phenoxy) is 1. The number of nitrogen functional groups attached to an aromatic ring is 1. The molecule has 0 amide bonds. The number of carbonyl (C=O) groups is 1. The number of methoxy groups -OCH3 is 1. The Morgan fingerprint density at radius 3 is 2.47 bits per heavy atom. The molecule has 4 N–H and O–H groups in total. The molecule has 1 atom stereocenters. The van der Waals surface area contributed by atoms with E-state index >= 15 is 0 Å². The van der Waals surface area contributed by atoms with Crippen molar-refractivity contribution >= 4 is 17.6 Å². The van der Waals surface area contributed by atoms with Crippen molar-refractivity contribution in [1.29, 1.82) is 0 Å². The molecule has 0 spiro atoms. The summed E-state index contributed by atoms with van der Waals surface area (Å²) in [6.45, 7) is 1.41. The van der Waals surface area contributed by atoms with E-state index in [0.29, 0.717) is 0 Å². The number of nitrogens with zero attached hydrogens (tertiary/aromatic N) is 2. The maximum Gasteiger partial charge on any atom is 0.451 e. The van der Waals surface area contributed by atoms with Gasteiger partial charge in [-0.05, 0) is 6.92 Å². The fourth-order valence-corrected chi connectivity index (χ4v) is 1.18. The van der Waals surface area contributed by atoms with Gasteiger partial charge in [-0.25, -0.2) is 20.6 Å². The third kappa shape index (κ3) is 3.95. The summed E-state index contributed by atoms with van der Waals surface area (Å²) in [5.74, 6) is 2.57. The molecule has 0 aliphatic carbocycles. The summed E-state index contributed by atoms with van der Waals surface area (Å²) in [5, 5.41) is 2.46. The second-order valence-corrected chi connectivity index (χ2v) is 3.49. The van der Waals surface area contributed by atoms with E-state index in [1.165, 1.54) is 6.92 Å². The second kappa shape index (κ2) is 5.69. The summed E-state index contributed by atoms with van der Waals surface area (Å²) in [5.41, 5.74) is 1.99. The number of rotatable bonds is 4. The van der Waals surface area contributed by atoms with Crippen molar-refractivity contribution in [2.75, 3.05) is 17.9 Å². The molecule has 0 bridgehead atoms. The van der Waals surface area contributed by atoms with Crippen LogP contribution in [0.1, 0.15) is 12.7 Å². The molecule has 0 saturated heterocycles. The van der Waals surface area contributed by atoms with Crippen LogP contribution in [0.3, 0.4) is 0 Å². The minimum absolute atomic E-state index is 0.201. The van der Waals surface area contributed by atoms with Gasteiger partial charge in [0.05, 0.1) is 7.11 Å². The Kier molecular flexibility index (Phi) is 4.48. The monoisotopic (exact) mass is 279 g/mol. The number of carbonyl (C=O) groups excluding carboxylic acids is 1. The molecule has 1 unspecified atom stereocenters. The Labute approximate surface area is 106 Å². The van der Waals surface area contributed by atoms with Crippen molar-refractivity contribution in [3.05, 3.63) is 11.9 Å². The quantitative estimate of drug-likeness (QED) is 0.424. The van der Waals surface area contributed by atoms with Crippen molar-refractivity contribution in [1.82, 2.24) is 9.97 Å². The molecule has 0 aliphatic rings. The number of nitrogens with two attached hydrogens (primary N) is 1. The number of alkyl halides is 3. The number of nitrogens with one attached hydrogen (secondary N) is 2. The largest absolute Gasteiger partial charge is 0.467 e. The van der Waals surface area contributed by atoms with Crippen LogP contribution in [0.25, 0.3) is 0 Å². The highest BCUT2D eigenvalue weighted by atomic mass is 19.4. The molecule has 106 valence electrons. The Hall–Kier alpha value is -2.10. The van der Waals surface area contributed by atoms with E-state index in [1.54, 1.807) is 0 Å². The molecule has 0 saturated carbocycles. The van der Waals surface area contributed by atoms with Gasteiger partial charge in [-0.2, -0.15) is 13.2 Å². The fraction of sp³-hybridized carbons (Fsp3) is 0.444. The number of hydrazine groups is 1. The van der Waals surface area contributed by atoms with E-state index in [-0.39, 0.29) is 11.6 Å². The summed E-state index contributed by atoms with van der Waals surface area (Å²) in [7, 11) is 1.16. The van der Waals surface area contributed by atoms with Crippen molar-refractivity contribution in [3.63, 3.8) is 0 Å². The molecule has 0 aliphatic heterocycles. The molecule has 19 heavy (non-hydrogen) atoms. The number of halogens is 3. The highest BCUT2D eigenvalue weighted by Gasteiger charge is 2.35. The van der Waals surface area contributed by atoms with Gasteiger partial charge in [0, 0.05) is 6.07 Å². The minimum atomic E-state index is -4.72. The number of hydrogen-bond acceptors (Lipinski definition) is 7. The Morgan fingerprint density at radius 1 is 1.42 bits per heavy atom. The maximum absolute atomic E-state index is 12.5. The van der Waals surface area contributed by atoms with Crippen LogP contribution in [-0.2, 0) is 15.7 Å². The first-order chi connectivity index (χ1) is 8.77. The van der Waals surface area contributed by atoms with Crippen molar-refractivity contribution in [2.45, 2.75) is 19.1 Å². The molecule has 0 aromatic carbocycles. The SMILES string of the molecule is COC(=O)C(C)Nc1cc(NN)nc(C(F)(F)F)n1. The number of esters is 1. The molecule has 1 heterocycles. The van der Waals surface area contributed by atoms with Gasteiger partial charge >= 0.3 is 12.1 Å². The first-order valence-corrected chi connectivity index (χ1v) is 5.05. The second-order valence-electron chi connectivity index (χ2n) is 3.49. The van der Waals surface area contributed by atoms with Gasteiger partial charge < -0.3 is 15.5 Å². The lowest BCUT2D eigenvalue weighted by molar-refractivity contribution is -0.144. The van der Waals surface area contributed by atoms with E-state index < -0.39 is 24.0 Å². The predicted molar refractivity (Wildman–Crippen MR) is 59.9 cm³/mol. The molecule has 1 aromatic heterocycles. The van der Waals surface area contributed by atoms with Gasteiger partial charge in [0.1, 0.15) is 17.7 Å². The summed E-state index contributed by atoms with van der Waals surface area (Å²) in [6, 6.07) is 0.265. The predicted octanol–water partition coefficient (Wildman–Crippen LogP) is 0.754. The molecule has 10 heteroatoms. The van der Waals surface area contributed by atoms with Crippen LogP contribution in [0.15, 0.2) is 6.07 Å². The molecule has 1 rings (SSSR count). The van der Waals surface area contributed by atoms with Crippen molar-refractivity contribution in [2.24, 2.45) is 5.84 Å². The van der Waals surface area contributed by atoms with E-state index in [9.17, 15) is 18.0 Å². The van der Waals surface area contributed by atoms with Crippen LogP contribution >= 0.6 is 0 Å². The fourth-order valence-electron chi connectivity index (χ4n) is 1.18. The van der Waals surface area contributed by atoms with Gasteiger partial charge in [0.15, 0.2) is 0 Å². The highest BCUT2D eigenvalue weighted by Crippen LogP contribution is 2.28. The average Bonchev–Trinajstić information content (AvgIpc) is 2.36. The lowest BCUT2D eigenvalue weighted by atomic mass is 10.3. The Bertz CT molecular complexity index is 466. The summed E-state index contributed by atoms with van der Waals surface area (Å²) >= 11 is 0. The number of anilines is 2.